The van der Waals surface area contributed by atoms with Crippen LogP contribution in [0.15, 0.2) is 12.1 Å². The molecular formula is C14H18ClF2NO4. The van der Waals surface area contributed by atoms with Crippen molar-refractivity contribution in [2.24, 2.45) is 0 Å². The summed E-state index contributed by atoms with van der Waals surface area (Å²) in [6.07, 6.45) is -3.97. The second-order valence-electron chi connectivity index (χ2n) is 5.37. The van der Waals surface area contributed by atoms with E-state index in [-0.39, 0.29) is 30.1 Å². The molecule has 0 bridgehead atoms. The van der Waals surface area contributed by atoms with Gasteiger partial charge in [-0.3, -0.25) is 4.90 Å². The number of aliphatic hydroxyl groups excluding tert-OH is 4. The zero-order valence-corrected chi connectivity index (χ0v) is 12.4. The van der Waals surface area contributed by atoms with Gasteiger partial charge >= 0.3 is 0 Å². The highest BCUT2D eigenvalue weighted by molar-refractivity contribution is 6.30. The van der Waals surface area contributed by atoms with Gasteiger partial charge in [0.2, 0.25) is 0 Å². The number of piperidine rings is 1. The second kappa shape index (κ2) is 7.16. The van der Waals surface area contributed by atoms with Crippen molar-refractivity contribution in [3.8, 4) is 0 Å². The van der Waals surface area contributed by atoms with Crippen molar-refractivity contribution in [1.82, 2.24) is 4.90 Å². The highest BCUT2D eigenvalue weighted by Crippen LogP contribution is 2.23. The Morgan fingerprint density at radius 2 is 1.86 bits per heavy atom. The SMILES string of the molecule is OC[C@@H]1[C@@H](O)[C@H](O)[C@@H](O)CN1CCc1c(F)ccc(Cl)c1F. The molecule has 124 valence electrons. The van der Waals surface area contributed by atoms with Crippen LogP contribution in [0, 0.1) is 11.6 Å². The lowest BCUT2D eigenvalue weighted by atomic mass is 9.93. The number of aliphatic hydroxyl groups is 4. The first-order valence-corrected chi connectivity index (χ1v) is 7.26. The Hall–Kier alpha value is -0.830. The topological polar surface area (TPSA) is 84.2 Å². The molecule has 0 amide bonds. The Morgan fingerprint density at radius 1 is 1.18 bits per heavy atom. The fraction of sp³-hybridized carbons (Fsp3) is 0.571. The molecule has 0 radical (unpaired) electrons. The third-order valence-electron chi connectivity index (χ3n) is 4.00. The summed E-state index contributed by atoms with van der Waals surface area (Å²) in [7, 11) is 0. The van der Waals surface area contributed by atoms with Gasteiger partial charge in [-0.15, -0.1) is 0 Å². The standard InChI is InChI=1S/C14H18ClF2NO4/c15-8-1-2-9(16)7(12(8)17)3-4-18-5-11(20)14(22)13(21)10(18)6-19/h1-2,10-11,13-14,19-22H,3-6H2/t10-,11+,13-,14-/m1/s1. The lowest BCUT2D eigenvalue weighted by Crippen LogP contribution is -2.62. The zero-order valence-electron chi connectivity index (χ0n) is 11.7. The van der Waals surface area contributed by atoms with E-state index in [1.165, 1.54) is 4.90 Å². The second-order valence-corrected chi connectivity index (χ2v) is 5.77. The van der Waals surface area contributed by atoms with Crippen molar-refractivity contribution < 1.29 is 29.2 Å². The van der Waals surface area contributed by atoms with Crippen LogP contribution >= 0.6 is 11.6 Å². The molecule has 5 nitrogen and oxygen atoms in total. The third-order valence-corrected chi connectivity index (χ3v) is 4.30. The zero-order chi connectivity index (χ0) is 16.4. The minimum Gasteiger partial charge on any atom is -0.395 e. The van der Waals surface area contributed by atoms with Gasteiger partial charge in [0.05, 0.1) is 23.8 Å². The average molecular weight is 338 g/mol. The van der Waals surface area contributed by atoms with E-state index in [1.54, 1.807) is 0 Å². The number of nitrogens with zero attached hydrogens (tertiary/aromatic N) is 1. The molecule has 1 saturated heterocycles. The fourth-order valence-electron chi connectivity index (χ4n) is 2.69. The van der Waals surface area contributed by atoms with Crippen LogP contribution in [0.1, 0.15) is 5.56 Å². The Labute approximate surface area is 131 Å². The molecule has 4 atom stereocenters. The van der Waals surface area contributed by atoms with E-state index in [1.807, 2.05) is 0 Å². The summed E-state index contributed by atoms with van der Waals surface area (Å²) in [5.41, 5.74) is -0.195. The summed E-state index contributed by atoms with van der Waals surface area (Å²) in [4.78, 5) is 1.49. The van der Waals surface area contributed by atoms with Crippen molar-refractivity contribution in [1.29, 1.82) is 0 Å². The van der Waals surface area contributed by atoms with Gasteiger partial charge in [-0.25, -0.2) is 8.78 Å². The summed E-state index contributed by atoms with van der Waals surface area (Å²) in [6, 6.07) is 1.37. The molecule has 1 aromatic carbocycles. The van der Waals surface area contributed by atoms with E-state index in [2.05, 4.69) is 0 Å². The summed E-state index contributed by atoms with van der Waals surface area (Å²) in [5.74, 6) is -1.58. The van der Waals surface area contributed by atoms with Crippen LogP contribution in [-0.2, 0) is 6.42 Å². The normalized spacial score (nSPS) is 29.8. The van der Waals surface area contributed by atoms with Gasteiger partial charge < -0.3 is 20.4 Å². The first-order valence-electron chi connectivity index (χ1n) is 6.88. The van der Waals surface area contributed by atoms with Gasteiger partial charge in [-0.2, -0.15) is 0 Å². The van der Waals surface area contributed by atoms with Crippen LogP contribution in [-0.4, -0.2) is 69.4 Å². The van der Waals surface area contributed by atoms with Crippen LogP contribution in [0.5, 0.6) is 0 Å². The van der Waals surface area contributed by atoms with E-state index < -0.39 is 42.6 Å². The number of halogens is 3. The quantitative estimate of drug-likeness (QED) is 0.578. The monoisotopic (exact) mass is 337 g/mol. The lowest BCUT2D eigenvalue weighted by Gasteiger charge is -2.43. The summed E-state index contributed by atoms with van der Waals surface area (Å²) in [6.45, 7) is -0.390. The lowest BCUT2D eigenvalue weighted by molar-refractivity contribution is -0.144. The molecule has 1 heterocycles. The molecule has 4 N–H and O–H groups in total. The minimum absolute atomic E-state index is 0.0206. The number of rotatable bonds is 4. The molecule has 1 aliphatic heterocycles. The van der Waals surface area contributed by atoms with E-state index in [0.29, 0.717) is 0 Å². The van der Waals surface area contributed by atoms with Gasteiger partial charge in [0.15, 0.2) is 0 Å². The number of benzene rings is 1. The molecule has 1 aliphatic rings. The van der Waals surface area contributed by atoms with Gasteiger partial charge in [0, 0.05) is 18.7 Å². The van der Waals surface area contributed by atoms with Gasteiger partial charge in [-0.1, -0.05) is 11.6 Å². The number of hydrogen-bond acceptors (Lipinski definition) is 5. The fourth-order valence-corrected chi connectivity index (χ4v) is 2.87. The first-order chi connectivity index (χ1) is 10.4. The molecule has 0 unspecified atom stereocenters. The third kappa shape index (κ3) is 3.40. The van der Waals surface area contributed by atoms with Crippen LogP contribution in [0.25, 0.3) is 0 Å². The first kappa shape index (κ1) is 17.5. The minimum atomic E-state index is -1.37. The van der Waals surface area contributed by atoms with Crippen molar-refractivity contribution in [2.45, 2.75) is 30.8 Å². The number of likely N-dealkylation sites (tertiary alicyclic amines) is 1. The maximum absolute atomic E-state index is 13.8. The Bertz CT molecular complexity index is 534. The van der Waals surface area contributed by atoms with Crippen molar-refractivity contribution >= 4 is 11.6 Å². The number of β-amino-alcohol motifs (C(OH)–C–C–N with tert-alkyl or cyclic N) is 1. The predicted molar refractivity (Wildman–Crippen MR) is 75.5 cm³/mol. The van der Waals surface area contributed by atoms with Crippen LogP contribution < -0.4 is 0 Å². The van der Waals surface area contributed by atoms with Gasteiger partial charge in [-0.05, 0) is 18.6 Å². The molecule has 8 heteroatoms. The molecular weight excluding hydrogens is 320 g/mol. The Balaban J connectivity index is 2.12. The Morgan fingerprint density at radius 3 is 2.50 bits per heavy atom. The smallest absolute Gasteiger partial charge is 0.147 e. The summed E-state index contributed by atoms with van der Waals surface area (Å²) in [5, 5.41) is 38.3. The molecule has 0 aromatic heterocycles. The van der Waals surface area contributed by atoms with E-state index in [4.69, 9.17) is 11.6 Å². The molecule has 2 rings (SSSR count). The molecule has 0 aliphatic carbocycles. The van der Waals surface area contributed by atoms with Crippen molar-refractivity contribution in [3.63, 3.8) is 0 Å². The highest BCUT2D eigenvalue weighted by atomic mass is 35.5. The number of hydrogen-bond donors (Lipinski definition) is 4. The predicted octanol–water partition coefficient (Wildman–Crippen LogP) is -0.0801. The van der Waals surface area contributed by atoms with Crippen molar-refractivity contribution in [3.05, 3.63) is 34.4 Å². The molecule has 1 fully saturated rings. The maximum Gasteiger partial charge on any atom is 0.147 e. The van der Waals surface area contributed by atoms with Crippen LogP contribution in [0.2, 0.25) is 5.02 Å². The average Bonchev–Trinajstić information content (AvgIpc) is 2.49. The van der Waals surface area contributed by atoms with Crippen LogP contribution in [0.4, 0.5) is 8.78 Å². The summed E-state index contributed by atoms with van der Waals surface area (Å²) >= 11 is 5.62. The maximum atomic E-state index is 13.8. The van der Waals surface area contributed by atoms with Gasteiger partial charge in [0.25, 0.3) is 0 Å². The van der Waals surface area contributed by atoms with E-state index in [9.17, 15) is 29.2 Å². The molecule has 0 spiro atoms. The largest absolute Gasteiger partial charge is 0.395 e. The van der Waals surface area contributed by atoms with Gasteiger partial charge in [0.1, 0.15) is 23.8 Å². The molecule has 0 saturated carbocycles. The van der Waals surface area contributed by atoms with Crippen LogP contribution in [0.3, 0.4) is 0 Å². The van der Waals surface area contributed by atoms with Crippen molar-refractivity contribution in [2.75, 3.05) is 19.7 Å². The van der Waals surface area contributed by atoms with E-state index in [0.717, 1.165) is 12.1 Å². The molecule has 22 heavy (non-hydrogen) atoms. The van der Waals surface area contributed by atoms with E-state index >= 15 is 0 Å². The summed E-state index contributed by atoms with van der Waals surface area (Å²) < 4.78 is 27.5. The Kier molecular flexibility index (Phi) is 5.70. The molecule has 1 aromatic rings. The highest BCUT2D eigenvalue weighted by Gasteiger charge is 2.40.